The Balaban J connectivity index is 2.62. The summed E-state index contributed by atoms with van der Waals surface area (Å²) in [6.07, 6.45) is 1.46. The zero-order chi connectivity index (χ0) is 19.3. The summed E-state index contributed by atoms with van der Waals surface area (Å²) < 4.78 is 20.9. The van der Waals surface area contributed by atoms with E-state index in [1.54, 1.807) is 18.2 Å². The summed E-state index contributed by atoms with van der Waals surface area (Å²) in [5, 5.41) is 19.3. The first-order valence-electron chi connectivity index (χ1n) is 7.57. The average molecular weight is 360 g/mol. The molecule has 0 amide bonds. The van der Waals surface area contributed by atoms with E-state index < -0.39 is 5.97 Å². The third-order valence-electron chi connectivity index (χ3n) is 3.72. The number of methoxy groups -OCH3 is 4. The number of rotatable bonds is 7. The molecule has 0 bridgehead atoms. The summed E-state index contributed by atoms with van der Waals surface area (Å²) in [6.45, 7) is 0. The van der Waals surface area contributed by atoms with Gasteiger partial charge in [0.2, 0.25) is 5.75 Å². The zero-order valence-corrected chi connectivity index (χ0v) is 14.9. The number of benzene rings is 2. The smallest absolute Gasteiger partial charge is 0.336 e. The first kappa shape index (κ1) is 19.0. The molecule has 0 saturated heterocycles. The molecular formula is C19H20O7. The molecule has 26 heavy (non-hydrogen) atoms. The van der Waals surface area contributed by atoms with Crippen molar-refractivity contribution in [3.8, 4) is 28.7 Å². The average Bonchev–Trinajstić information content (AvgIpc) is 2.65. The molecule has 0 aromatic heterocycles. The Hall–Kier alpha value is -3.35. The fourth-order valence-electron chi connectivity index (χ4n) is 2.46. The molecule has 0 unspecified atom stereocenters. The van der Waals surface area contributed by atoms with Gasteiger partial charge < -0.3 is 29.2 Å². The molecule has 7 heteroatoms. The number of carboxylic acid groups (broad SMARTS) is 1. The minimum absolute atomic E-state index is 0.0111. The van der Waals surface area contributed by atoms with Gasteiger partial charge in [-0.2, -0.15) is 0 Å². The third kappa shape index (κ3) is 3.83. The molecule has 2 rings (SSSR count). The summed E-state index contributed by atoms with van der Waals surface area (Å²) in [7, 11) is 5.79. The Morgan fingerprint density at radius 3 is 1.92 bits per heavy atom. The van der Waals surface area contributed by atoms with Crippen molar-refractivity contribution in [3.05, 3.63) is 41.5 Å². The lowest BCUT2D eigenvalue weighted by Crippen LogP contribution is -2.02. The van der Waals surface area contributed by atoms with E-state index >= 15 is 0 Å². The van der Waals surface area contributed by atoms with E-state index in [9.17, 15) is 15.0 Å². The van der Waals surface area contributed by atoms with Crippen molar-refractivity contribution in [1.29, 1.82) is 0 Å². The molecule has 2 N–H and O–H groups in total. The second kappa shape index (κ2) is 8.15. The van der Waals surface area contributed by atoms with Crippen LogP contribution in [0.4, 0.5) is 0 Å². The van der Waals surface area contributed by atoms with Crippen LogP contribution in [0.5, 0.6) is 28.7 Å². The monoisotopic (exact) mass is 360 g/mol. The number of aliphatic carboxylic acids is 1. The number of phenols is 1. The lowest BCUT2D eigenvalue weighted by Gasteiger charge is -2.14. The largest absolute Gasteiger partial charge is 0.504 e. The predicted molar refractivity (Wildman–Crippen MR) is 96.3 cm³/mol. The van der Waals surface area contributed by atoms with E-state index in [0.717, 1.165) is 0 Å². The standard InChI is InChI=1S/C19H20O7/c1-23-15-8-11(5-6-14(15)20)7-13(19(21)22)12-9-16(24-2)18(26-4)17(10-12)25-3/h5-10,20H,1-4H3,(H,21,22)/b13-7+. The second-order valence-corrected chi connectivity index (χ2v) is 5.21. The van der Waals surface area contributed by atoms with E-state index in [1.165, 1.54) is 46.6 Å². The number of hydrogen-bond donors (Lipinski definition) is 2. The Bertz CT molecular complexity index is 815. The number of aromatic hydroxyl groups is 1. The van der Waals surface area contributed by atoms with Crippen LogP contribution in [0, 0.1) is 0 Å². The van der Waals surface area contributed by atoms with Crippen LogP contribution in [0.2, 0.25) is 0 Å². The van der Waals surface area contributed by atoms with E-state index in [-0.39, 0.29) is 17.1 Å². The minimum Gasteiger partial charge on any atom is -0.504 e. The number of hydrogen-bond acceptors (Lipinski definition) is 6. The van der Waals surface area contributed by atoms with Crippen LogP contribution in [-0.4, -0.2) is 44.6 Å². The Morgan fingerprint density at radius 1 is 0.885 bits per heavy atom. The molecular weight excluding hydrogens is 340 g/mol. The van der Waals surface area contributed by atoms with Gasteiger partial charge in [-0.05, 0) is 41.5 Å². The fourth-order valence-corrected chi connectivity index (χ4v) is 2.46. The van der Waals surface area contributed by atoms with Crippen molar-refractivity contribution in [3.63, 3.8) is 0 Å². The second-order valence-electron chi connectivity index (χ2n) is 5.21. The summed E-state index contributed by atoms with van der Waals surface area (Å²) in [6, 6.07) is 7.66. The molecule has 0 heterocycles. The van der Waals surface area contributed by atoms with Gasteiger partial charge in [0.25, 0.3) is 0 Å². The van der Waals surface area contributed by atoms with Crippen molar-refractivity contribution in [2.24, 2.45) is 0 Å². The van der Waals surface area contributed by atoms with Gasteiger partial charge in [-0.25, -0.2) is 4.79 Å². The molecule has 0 radical (unpaired) electrons. The van der Waals surface area contributed by atoms with Crippen LogP contribution >= 0.6 is 0 Å². The minimum atomic E-state index is -1.13. The Kier molecular flexibility index (Phi) is 5.95. The number of ether oxygens (including phenoxy) is 4. The molecule has 0 aliphatic heterocycles. The molecule has 0 atom stereocenters. The van der Waals surface area contributed by atoms with Crippen molar-refractivity contribution < 1.29 is 34.0 Å². The first-order valence-corrected chi connectivity index (χ1v) is 7.57. The van der Waals surface area contributed by atoms with Crippen molar-refractivity contribution >= 4 is 17.6 Å². The number of carbonyl (C=O) groups is 1. The van der Waals surface area contributed by atoms with Crippen molar-refractivity contribution in [2.75, 3.05) is 28.4 Å². The topological polar surface area (TPSA) is 94.5 Å². The third-order valence-corrected chi connectivity index (χ3v) is 3.72. The molecule has 0 aliphatic carbocycles. The lowest BCUT2D eigenvalue weighted by molar-refractivity contribution is -0.130. The predicted octanol–water partition coefficient (Wildman–Crippen LogP) is 3.05. The van der Waals surface area contributed by atoms with Gasteiger partial charge in [0.05, 0.1) is 34.0 Å². The van der Waals surface area contributed by atoms with Crippen LogP contribution in [0.3, 0.4) is 0 Å². The Labute approximate surface area is 151 Å². The highest BCUT2D eigenvalue weighted by molar-refractivity contribution is 6.20. The van der Waals surface area contributed by atoms with Crippen LogP contribution in [0.25, 0.3) is 11.6 Å². The van der Waals surface area contributed by atoms with E-state index in [1.807, 2.05) is 0 Å². The molecule has 2 aromatic carbocycles. The summed E-state index contributed by atoms with van der Waals surface area (Å²) >= 11 is 0. The normalized spacial score (nSPS) is 11.0. The maximum absolute atomic E-state index is 11.8. The molecule has 2 aromatic rings. The van der Waals surface area contributed by atoms with Crippen molar-refractivity contribution in [1.82, 2.24) is 0 Å². The van der Waals surface area contributed by atoms with Gasteiger partial charge in [-0.15, -0.1) is 0 Å². The molecule has 0 saturated carbocycles. The van der Waals surface area contributed by atoms with E-state index in [2.05, 4.69) is 0 Å². The van der Waals surface area contributed by atoms with Crippen LogP contribution in [0.15, 0.2) is 30.3 Å². The zero-order valence-electron chi connectivity index (χ0n) is 14.9. The molecule has 0 fully saturated rings. The number of carboxylic acids is 1. The lowest BCUT2D eigenvalue weighted by atomic mass is 10.0. The van der Waals surface area contributed by atoms with Gasteiger partial charge in [0, 0.05) is 0 Å². The highest BCUT2D eigenvalue weighted by Gasteiger charge is 2.19. The summed E-state index contributed by atoms with van der Waals surface area (Å²) in [4.78, 5) is 11.8. The Morgan fingerprint density at radius 2 is 1.46 bits per heavy atom. The highest BCUT2D eigenvalue weighted by Crippen LogP contribution is 2.40. The molecule has 0 aliphatic rings. The SMILES string of the molecule is COc1cc(/C=C(/C(=O)O)c2cc(OC)c(OC)c(OC)c2)ccc1O. The molecule has 138 valence electrons. The van der Waals surface area contributed by atoms with Crippen LogP contribution in [0.1, 0.15) is 11.1 Å². The maximum atomic E-state index is 11.8. The first-order chi connectivity index (χ1) is 12.4. The van der Waals surface area contributed by atoms with Gasteiger partial charge in [0.15, 0.2) is 23.0 Å². The van der Waals surface area contributed by atoms with Crippen molar-refractivity contribution in [2.45, 2.75) is 0 Å². The van der Waals surface area contributed by atoms with Crippen LogP contribution in [-0.2, 0) is 4.79 Å². The summed E-state index contributed by atoms with van der Waals surface area (Å²) in [5.74, 6) is 0.137. The van der Waals surface area contributed by atoms with Gasteiger partial charge >= 0.3 is 5.97 Å². The number of phenolic OH excluding ortho intramolecular Hbond substituents is 1. The highest BCUT2D eigenvalue weighted by atomic mass is 16.5. The summed E-state index contributed by atoms with van der Waals surface area (Å²) in [5.41, 5.74) is 0.932. The fraction of sp³-hybridized carbons (Fsp3) is 0.211. The van der Waals surface area contributed by atoms with E-state index in [0.29, 0.717) is 28.4 Å². The van der Waals surface area contributed by atoms with Gasteiger partial charge in [-0.1, -0.05) is 6.07 Å². The van der Waals surface area contributed by atoms with Gasteiger partial charge in [-0.3, -0.25) is 0 Å². The van der Waals surface area contributed by atoms with E-state index in [4.69, 9.17) is 18.9 Å². The quantitative estimate of drug-likeness (QED) is 0.579. The van der Waals surface area contributed by atoms with Gasteiger partial charge in [0.1, 0.15) is 0 Å². The van der Waals surface area contributed by atoms with Crippen LogP contribution < -0.4 is 18.9 Å². The molecule has 7 nitrogen and oxygen atoms in total. The maximum Gasteiger partial charge on any atom is 0.336 e. The molecule has 0 spiro atoms.